The Hall–Kier alpha value is -2.30. The van der Waals surface area contributed by atoms with Gasteiger partial charge in [-0.15, -0.1) is 0 Å². The van der Waals surface area contributed by atoms with Crippen LogP contribution in [-0.4, -0.2) is 35.3 Å². The molecule has 0 unspecified atom stereocenters. The van der Waals surface area contributed by atoms with Crippen LogP contribution in [0.4, 0.5) is 4.79 Å². The fourth-order valence-electron chi connectivity index (χ4n) is 2.63. The summed E-state index contributed by atoms with van der Waals surface area (Å²) in [7, 11) is 0. The van der Waals surface area contributed by atoms with Crippen LogP contribution < -0.4 is 66.5 Å². The van der Waals surface area contributed by atoms with E-state index < -0.39 is 30.4 Å². The summed E-state index contributed by atoms with van der Waals surface area (Å²) < 4.78 is 5.12. The molecule has 1 N–H and O–H groups in total. The average molecular weight is 418 g/mol. The normalized spacial score (nSPS) is 15.0. The second-order valence-corrected chi connectivity index (χ2v) is 5.89. The van der Waals surface area contributed by atoms with Crippen molar-refractivity contribution in [1.29, 1.82) is 0 Å². The molecule has 3 rings (SSSR count). The number of carbonyl (C=O) groups is 4. The third kappa shape index (κ3) is 5.84. The number of nitrogens with one attached hydrogen (secondary N) is 1. The number of carboxylic acids is 1. The van der Waals surface area contributed by atoms with E-state index in [2.05, 4.69) is 5.32 Å². The smallest absolute Gasteiger partial charge is 0.546 e. The average Bonchev–Trinajstić information content (AvgIpc) is 2.68. The van der Waals surface area contributed by atoms with E-state index in [1.165, 1.54) is 12.1 Å². The number of carbonyl (C=O) groups excluding carboxylic acids is 4. The van der Waals surface area contributed by atoms with Crippen LogP contribution in [0.5, 0.6) is 5.75 Å². The van der Waals surface area contributed by atoms with Crippen molar-refractivity contribution < 1.29 is 80.4 Å². The molecule has 1 aliphatic rings. The van der Waals surface area contributed by atoms with Gasteiger partial charge in [-0.3, -0.25) is 19.8 Å². The van der Waals surface area contributed by atoms with Crippen LogP contribution in [0, 0.1) is 0 Å². The fraction of sp³-hybridized carbons (Fsp3) is 0.100. The van der Waals surface area contributed by atoms with Crippen molar-refractivity contribution in [1.82, 2.24) is 10.2 Å². The number of rotatable bonds is 6. The van der Waals surface area contributed by atoms with Gasteiger partial charge in [-0.25, -0.2) is 4.79 Å². The third-order valence-corrected chi connectivity index (χ3v) is 3.93. The van der Waals surface area contributed by atoms with Gasteiger partial charge in [0.25, 0.3) is 11.8 Å². The van der Waals surface area contributed by atoms with Gasteiger partial charge in [0.1, 0.15) is 17.9 Å². The van der Waals surface area contributed by atoms with E-state index in [1.54, 1.807) is 48.5 Å². The number of benzene rings is 2. The number of barbiturate groups is 1. The fourth-order valence-corrected chi connectivity index (χ4v) is 2.63. The maximum absolute atomic E-state index is 12.8. The molecular weight excluding hydrogens is 403 g/mol. The molecule has 4 amide bonds. The van der Waals surface area contributed by atoms with Gasteiger partial charge in [-0.1, -0.05) is 48.5 Å². The number of para-hydroxylation sites is 1. The predicted octanol–water partition coefficient (Wildman–Crippen LogP) is -2.52. The van der Waals surface area contributed by atoms with Gasteiger partial charge >= 0.3 is 57.4 Å². The minimum Gasteiger partial charge on any atom is -0.546 e. The Kier molecular flexibility index (Phi) is 8.29. The molecule has 142 valence electrons. The van der Waals surface area contributed by atoms with E-state index >= 15 is 0 Å². The number of imide groups is 2. The Labute approximate surface area is 208 Å². The molecule has 0 spiro atoms. The molecule has 0 atom stereocenters. The van der Waals surface area contributed by atoms with Crippen LogP contribution in [0.3, 0.4) is 0 Å². The summed E-state index contributed by atoms with van der Waals surface area (Å²) in [5.74, 6) is -2.85. The van der Waals surface area contributed by atoms with E-state index in [-0.39, 0.29) is 69.3 Å². The first-order chi connectivity index (χ1) is 13.5. The van der Waals surface area contributed by atoms with E-state index in [4.69, 9.17) is 4.74 Å². The van der Waals surface area contributed by atoms with Gasteiger partial charge in [-0.05, 0) is 17.7 Å². The van der Waals surface area contributed by atoms with E-state index in [0.717, 1.165) is 10.5 Å². The second kappa shape index (κ2) is 10.5. The molecule has 0 bridgehead atoms. The maximum Gasteiger partial charge on any atom is 1.00 e. The Balaban J connectivity index is 0.00000300. The zero-order chi connectivity index (χ0) is 20.1. The summed E-state index contributed by atoms with van der Waals surface area (Å²) in [5, 5.41) is 12.8. The van der Waals surface area contributed by atoms with Crippen LogP contribution >= 0.6 is 0 Å². The molecule has 2 aromatic rings. The van der Waals surface area contributed by atoms with Crippen molar-refractivity contribution in [2.75, 3.05) is 6.61 Å². The number of carboxylic acid groups (broad SMARTS) is 1. The summed E-state index contributed by atoms with van der Waals surface area (Å²) in [6.07, 6.45) is 1.26. The van der Waals surface area contributed by atoms with Crippen LogP contribution in [0.15, 0.2) is 60.2 Å². The number of hydrogen-bond acceptors (Lipinski definition) is 6. The molecule has 0 radical (unpaired) electrons. The van der Waals surface area contributed by atoms with Crippen molar-refractivity contribution in [3.05, 3.63) is 71.3 Å². The van der Waals surface area contributed by atoms with Crippen molar-refractivity contribution in [3.63, 3.8) is 0 Å². The van der Waals surface area contributed by atoms with Gasteiger partial charge in [0.2, 0.25) is 0 Å². The van der Waals surface area contributed by atoms with Crippen LogP contribution in [0.25, 0.3) is 6.08 Å². The minimum atomic E-state index is -1.41. The van der Waals surface area contributed by atoms with Gasteiger partial charge < -0.3 is 14.6 Å². The molecule has 8 nitrogen and oxygen atoms in total. The first-order valence-electron chi connectivity index (χ1n) is 8.30. The van der Waals surface area contributed by atoms with E-state index in [9.17, 15) is 24.3 Å². The number of nitrogens with zero attached hydrogens (tertiary/aromatic N) is 1. The van der Waals surface area contributed by atoms with Crippen LogP contribution in [0.1, 0.15) is 11.1 Å². The van der Waals surface area contributed by atoms with Gasteiger partial charge in [0.15, 0.2) is 0 Å². The maximum atomic E-state index is 12.8. The quantitative estimate of drug-likeness (QED) is 0.315. The number of ether oxygens (including phenoxy) is 1. The molecule has 1 fully saturated rings. The molecule has 9 heteroatoms. The Morgan fingerprint density at radius 1 is 1.03 bits per heavy atom. The summed E-state index contributed by atoms with van der Waals surface area (Å²) in [5.41, 5.74) is 0.772. The standard InChI is InChI=1S/C20H16N2O6.K/c23-17(24)12-28-16-9-5-4-8-14(16)10-15-18(25)21-20(27)22(19(15)26)11-13-6-2-1-3-7-13;/h1-10H,11-12H2,(H,23,24)(H,21,25,27);/q;+1/p-1/b15-10-;. The molecule has 0 saturated carbocycles. The number of hydrogen-bond donors (Lipinski definition) is 1. The van der Waals surface area contributed by atoms with E-state index in [1.807, 2.05) is 0 Å². The first-order valence-corrected chi connectivity index (χ1v) is 8.30. The van der Waals surface area contributed by atoms with E-state index in [0.29, 0.717) is 5.56 Å². The Bertz CT molecular complexity index is 974. The Morgan fingerprint density at radius 3 is 2.38 bits per heavy atom. The number of aliphatic carboxylic acids is 1. The largest absolute Gasteiger partial charge is 1.00 e. The Morgan fingerprint density at radius 2 is 1.69 bits per heavy atom. The van der Waals surface area contributed by atoms with Crippen molar-refractivity contribution >= 4 is 29.9 Å². The molecular formula is C20H15KN2O6. The topological polar surface area (TPSA) is 116 Å². The van der Waals surface area contributed by atoms with Crippen molar-refractivity contribution in [2.45, 2.75) is 6.54 Å². The predicted molar refractivity (Wildman–Crippen MR) is 95.5 cm³/mol. The summed E-state index contributed by atoms with van der Waals surface area (Å²) in [6, 6.07) is 14.3. The molecule has 1 heterocycles. The number of amides is 4. The van der Waals surface area contributed by atoms with Gasteiger partial charge in [-0.2, -0.15) is 0 Å². The molecule has 0 aromatic heterocycles. The van der Waals surface area contributed by atoms with Crippen molar-refractivity contribution in [2.24, 2.45) is 0 Å². The zero-order valence-electron chi connectivity index (χ0n) is 15.6. The van der Waals surface area contributed by atoms with Crippen LogP contribution in [0.2, 0.25) is 0 Å². The molecule has 1 saturated heterocycles. The molecule has 1 aliphatic heterocycles. The minimum absolute atomic E-state index is 0. The molecule has 29 heavy (non-hydrogen) atoms. The van der Waals surface area contributed by atoms with Gasteiger partial charge in [0, 0.05) is 5.56 Å². The zero-order valence-corrected chi connectivity index (χ0v) is 18.7. The third-order valence-electron chi connectivity index (χ3n) is 3.93. The summed E-state index contributed by atoms with van der Waals surface area (Å²) >= 11 is 0. The summed E-state index contributed by atoms with van der Waals surface area (Å²) in [4.78, 5) is 48.6. The van der Waals surface area contributed by atoms with Gasteiger partial charge in [0.05, 0.1) is 12.5 Å². The summed E-state index contributed by atoms with van der Waals surface area (Å²) in [6.45, 7) is -0.683. The second-order valence-electron chi connectivity index (χ2n) is 5.89. The SMILES string of the molecule is O=C([O-])COc1ccccc1/C=C1/C(=O)NC(=O)N(Cc2ccccc2)C1=O.[K+]. The van der Waals surface area contributed by atoms with Crippen molar-refractivity contribution in [3.8, 4) is 5.75 Å². The number of urea groups is 1. The van der Waals surface area contributed by atoms with Crippen LogP contribution in [-0.2, 0) is 20.9 Å². The molecule has 0 aliphatic carbocycles. The monoisotopic (exact) mass is 418 g/mol. The molecule has 2 aromatic carbocycles. The first kappa shape index (κ1) is 23.0.